The van der Waals surface area contributed by atoms with Crippen molar-refractivity contribution < 1.29 is 9.59 Å². The van der Waals surface area contributed by atoms with Gasteiger partial charge in [0.2, 0.25) is 11.8 Å². The Hall–Kier alpha value is -2.53. The number of carbonyl (C=O) groups excluding carboxylic acids is 2. The summed E-state index contributed by atoms with van der Waals surface area (Å²) in [7, 11) is 0. The normalized spacial score (nSPS) is 14.4. The third-order valence-electron chi connectivity index (χ3n) is 6.93. The van der Waals surface area contributed by atoms with Gasteiger partial charge in [-0.3, -0.25) is 9.59 Å². The van der Waals surface area contributed by atoms with Gasteiger partial charge in [-0.1, -0.05) is 102 Å². The molecular weight excluding hydrogens is 527 g/mol. The molecule has 1 fully saturated rings. The second-order valence-electron chi connectivity index (χ2n) is 9.51. The summed E-state index contributed by atoms with van der Waals surface area (Å²) in [5.74, 6) is -0.302. The van der Waals surface area contributed by atoms with Gasteiger partial charge in [-0.15, -0.1) is 0 Å². The van der Waals surface area contributed by atoms with E-state index in [1.807, 2.05) is 54.6 Å². The predicted molar refractivity (Wildman–Crippen MR) is 151 cm³/mol. The molecule has 0 radical (unpaired) electrons. The molecule has 0 heterocycles. The number of nitrogens with one attached hydrogen (secondary N) is 1. The van der Waals surface area contributed by atoms with Crippen LogP contribution < -0.4 is 5.32 Å². The maximum Gasteiger partial charge on any atom is 0.243 e. The fourth-order valence-electron chi connectivity index (χ4n) is 4.86. The summed E-state index contributed by atoms with van der Waals surface area (Å²) in [6.07, 6.45) is 5.18. The fourth-order valence-corrected chi connectivity index (χ4v) is 5.61. The first-order chi connectivity index (χ1) is 17.9. The molecule has 4 rings (SSSR count). The van der Waals surface area contributed by atoms with Crippen molar-refractivity contribution in [2.45, 2.75) is 63.6 Å². The van der Waals surface area contributed by atoms with E-state index in [0.29, 0.717) is 33.5 Å². The summed E-state index contributed by atoms with van der Waals surface area (Å²) >= 11 is 19.4. The van der Waals surface area contributed by atoms with Crippen LogP contribution in [0, 0.1) is 0 Å². The average Bonchev–Trinajstić information content (AvgIpc) is 3.40. The lowest BCUT2D eigenvalue weighted by molar-refractivity contribution is -0.141. The number of benzene rings is 3. The van der Waals surface area contributed by atoms with Crippen molar-refractivity contribution in [1.29, 1.82) is 0 Å². The SMILES string of the molecule is O=C(NC1CCCC1)C(Cc1ccccc1)N(Cc1c(Cl)cccc1Cl)C(=O)CCc1ccccc1Cl. The minimum absolute atomic E-state index is 0.134. The molecule has 2 amide bonds. The predicted octanol–water partition coefficient (Wildman–Crippen LogP) is 7.28. The Morgan fingerprint density at radius 2 is 1.46 bits per heavy atom. The molecule has 0 aromatic heterocycles. The van der Waals surface area contributed by atoms with E-state index >= 15 is 0 Å². The lowest BCUT2D eigenvalue weighted by Crippen LogP contribution is -2.52. The smallest absolute Gasteiger partial charge is 0.243 e. The van der Waals surface area contributed by atoms with Crippen molar-refractivity contribution >= 4 is 46.6 Å². The Kier molecular flexibility index (Phi) is 9.90. The van der Waals surface area contributed by atoms with E-state index in [1.165, 1.54) is 0 Å². The molecule has 194 valence electrons. The van der Waals surface area contributed by atoms with Crippen LogP contribution in [0.15, 0.2) is 72.8 Å². The lowest BCUT2D eigenvalue weighted by atomic mass is 10.0. The molecule has 1 atom stereocenters. The van der Waals surface area contributed by atoms with Gasteiger partial charge in [0.15, 0.2) is 0 Å². The van der Waals surface area contributed by atoms with Crippen LogP contribution in [0.5, 0.6) is 0 Å². The Labute approximate surface area is 233 Å². The first-order valence-electron chi connectivity index (χ1n) is 12.7. The molecule has 1 N–H and O–H groups in total. The highest BCUT2D eigenvalue weighted by Gasteiger charge is 2.32. The molecule has 0 spiro atoms. The van der Waals surface area contributed by atoms with Crippen LogP contribution in [0.3, 0.4) is 0 Å². The van der Waals surface area contributed by atoms with Crippen LogP contribution in [0.4, 0.5) is 0 Å². The number of hydrogen-bond donors (Lipinski definition) is 1. The van der Waals surface area contributed by atoms with Crippen molar-refractivity contribution in [3.8, 4) is 0 Å². The van der Waals surface area contributed by atoms with Crippen molar-refractivity contribution in [2.75, 3.05) is 0 Å². The van der Waals surface area contributed by atoms with Gasteiger partial charge in [-0.05, 0) is 48.6 Å². The molecule has 4 nitrogen and oxygen atoms in total. The highest BCUT2D eigenvalue weighted by Crippen LogP contribution is 2.28. The summed E-state index contributed by atoms with van der Waals surface area (Å²) in [5, 5.41) is 4.76. The van der Waals surface area contributed by atoms with E-state index in [-0.39, 0.29) is 30.8 Å². The standard InChI is InChI=1S/C30H31Cl3N2O2/c31-25-14-7-4-11-22(25)17-18-29(36)35(20-24-26(32)15-8-16-27(24)33)28(19-21-9-2-1-3-10-21)30(37)34-23-12-5-6-13-23/h1-4,7-11,14-16,23,28H,5-6,12-13,17-20H2,(H,34,37). The highest BCUT2D eigenvalue weighted by molar-refractivity contribution is 6.36. The maximum atomic E-state index is 13.8. The fraction of sp³-hybridized carbons (Fsp3) is 0.333. The Morgan fingerprint density at radius 1 is 0.838 bits per heavy atom. The summed E-state index contributed by atoms with van der Waals surface area (Å²) in [6.45, 7) is 0.134. The Balaban J connectivity index is 1.66. The lowest BCUT2D eigenvalue weighted by Gasteiger charge is -2.33. The van der Waals surface area contributed by atoms with Crippen LogP contribution in [-0.4, -0.2) is 28.8 Å². The largest absolute Gasteiger partial charge is 0.352 e. The van der Waals surface area contributed by atoms with E-state index in [0.717, 1.165) is 36.8 Å². The number of aryl methyl sites for hydroxylation is 1. The van der Waals surface area contributed by atoms with Crippen molar-refractivity contribution in [2.24, 2.45) is 0 Å². The van der Waals surface area contributed by atoms with Crippen LogP contribution >= 0.6 is 34.8 Å². The monoisotopic (exact) mass is 556 g/mol. The topological polar surface area (TPSA) is 49.4 Å². The van der Waals surface area contributed by atoms with Gasteiger partial charge in [0.1, 0.15) is 6.04 Å². The molecule has 3 aromatic carbocycles. The van der Waals surface area contributed by atoms with Gasteiger partial charge >= 0.3 is 0 Å². The molecule has 0 saturated heterocycles. The second kappa shape index (κ2) is 13.3. The van der Waals surface area contributed by atoms with Gasteiger partial charge in [-0.2, -0.15) is 0 Å². The van der Waals surface area contributed by atoms with Gasteiger partial charge in [0.25, 0.3) is 0 Å². The zero-order valence-corrected chi connectivity index (χ0v) is 22.9. The molecule has 0 bridgehead atoms. The summed E-state index contributed by atoms with van der Waals surface area (Å²) in [4.78, 5) is 29.2. The molecule has 3 aromatic rings. The van der Waals surface area contributed by atoms with Crippen LogP contribution in [0.1, 0.15) is 48.8 Å². The van der Waals surface area contributed by atoms with Crippen molar-refractivity contribution in [3.63, 3.8) is 0 Å². The van der Waals surface area contributed by atoms with Crippen LogP contribution in [0.2, 0.25) is 15.1 Å². The molecule has 0 aliphatic heterocycles. The quantitative estimate of drug-likeness (QED) is 0.285. The number of carbonyl (C=O) groups is 2. The molecule has 1 aliphatic carbocycles. The molecular formula is C30H31Cl3N2O2. The van der Waals surface area contributed by atoms with E-state index in [1.54, 1.807) is 23.1 Å². The Bertz CT molecular complexity index is 1190. The zero-order chi connectivity index (χ0) is 26.2. The number of rotatable bonds is 10. The van der Waals surface area contributed by atoms with E-state index < -0.39 is 6.04 Å². The third-order valence-corrected chi connectivity index (χ3v) is 8.01. The number of hydrogen-bond acceptors (Lipinski definition) is 2. The number of nitrogens with zero attached hydrogens (tertiary/aromatic N) is 1. The van der Waals surface area contributed by atoms with Crippen LogP contribution in [-0.2, 0) is 29.0 Å². The van der Waals surface area contributed by atoms with Gasteiger partial charge in [0.05, 0.1) is 0 Å². The van der Waals surface area contributed by atoms with E-state index in [4.69, 9.17) is 34.8 Å². The van der Waals surface area contributed by atoms with E-state index in [9.17, 15) is 9.59 Å². The molecule has 7 heteroatoms. The number of amides is 2. The zero-order valence-electron chi connectivity index (χ0n) is 20.6. The maximum absolute atomic E-state index is 13.8. The van der Waals surface area contributed by atoms with E-state index in [2.05, 4.69) is 5.32 Å². The summed E-state index contributed by atoms with van der Waals surface area (Å²) in [5.41, 5.74) is 2.50. The van der Waals surface area contributed by atoms with Gasteiger partial charge < -0.3 is 10.2 Å². The Morgan fingerprint density at radius 3 is 2.14 bits per heavy atom. The second-order valence-corrected chi connectivity index (χ2v) is 10.7. The van der Waals surface area contributed by atoms with Crippen molar-refractivity contribution in [3.05, 3.63) is 105 Å². The first-order valence-corrected chi connectivity index (χ1v) is 13.9. The van der Waals surface area contributed by atoms with Gasteiger partial charge in [-0.25, -0.2) is 0 Å². The molecule has 1 saturated carbocycles. The minimum Gasteiger partial charge on any atom is -0.352 e. The first kappa shape index (κ1) is 27.5. The van der Waals surface area contributed by atoms with Crippen LogP contribution in [0.25, 0.3) is 0 Å². The molecule has 37 heavy (non-hydrogen) atoms. The summed E-state index contributed by atoms with van der Waals surface area (Å²) in [6, 6.07) is 22.0. The molecule has 1 unspecified atom stereocenters. The average molecular weight is 558 g/mol. The highest BCUT2D eigenvalue weighted by atomic mass is 35.5. The molecule has 1 aliphatic rings. The minimum atomic E-state index is -0.714. The van der Waals surface area contributed by atoms with Gasteiger partial charge in [0, 0.05) is 46.1 Å². The third kappa shape index (κ3) is 7.50. The van der Waals surface area contributed by atoms with Crippen molar-refractivity contribution in [1.82, 2.24) is 10.2 Å². The summed E-state index contributed by atoms with van der Waals surface area (Å²) < 4.78 is 0. The number of halogens is 3.